The van der Waals surface area contributed by atoms with Gasteiger partial charge >= 0.3 is 12.0 Å². The Morgan fingerprint density at radius 3 is 2.37 bits per heavy atom. The Hall–Kier alpha value is -4.29. The molecule has 4 aromatic rings. The summed E-state index contributed by atoms with van der Waals surface area (Å²) in [7, 11) is 0. The van der Waals surface area contributed by atoms with Crippen LogP contribution in [0.1, 0.15) is 48.5 Å². The number of esters is 1. The maximum Gasteiger partial charge on any atom is 0.325 e. The highest BCUT2D eigenvalue weighted by atomic mass is 32.2. The smallest absolute Gasteiger partial charge is 0.325 e. The molecule has 0 spiro atoms. The maximum atomic E-state index is 12.2. The first-order valence-corrected chi connectivity index (χ1v) is 16.2. The molecule has 3 N–H and O–H groups in total. The summed E-state index contributed by atoms with van der Waals surface area (Å²) in [6.07, 6.45) is 2.46. The van der Waals surface area contributed by atoms with E-state index in [1.165, 1.54) is 0 Å². The Balaban J connectivity index is 1.32. The molecule has 2 heterocycles. The van der Waals surface area contributed by atoms with Gasteiger partial charge in [-0.3, -0.25) is 4.79 Å². The minimum atomic E-state index is -0.617. The van der Waals surface area contributed by atoms with Crippen LogP contribution in [0, 0.1) is 5.92 Å². The maximum absolute atomic E-state index is 12.2. The Morgan fingerprint density at radius 1 is 0.891 bits per heavy atom. The van der Waals surface area contributed by atoms with Crippen molar-refractivity contribution in [2.24, 2.45) is 5.92 Å². The molecule has 0 radical (unpaired) electrons. The molecule has 240 valence electrons. The molecule has 1 aromatic heterocycles. The van der Waals surface area contributed by atoms with Gasteiger partial charge in [0.25, 0.3) is 0 Å². The van der Waals surface area contributed by atoms with Gasteiger partial charge in [-0.2, -0.15) is 0 Å². The topological polar surface area (TPSA) is 132 Å². The Kier molecular flexibility index (Phi) is 11.7. The second-order valence-corrected chi connectivity index (χ2v) is 11.8. The van der Waals surface area contributed by atoms with E-state index < -0.39 is 18.3 Å². The lowest BCUT2D eigenvalue weighted by atomic mass is 9.91. The second kappa shape index (κ2) is 16.3. The monoisotopic (exact) mass is 642 g/mol. The van der Waals surface area contributed by atoms with Gasteiger partial charge in [-0.25, -0.2) is 14.8 Å². The quantitative estimate of drug-likeness (QED) is 0.103. The summed E-state index contributed by atoms with van der Waals surface area (Å²) in [6.45, 7) is 4.19. The third-order valence-electron chi connectivity index (χ3n) is 7.61. The van der Waals surface area contributed by atoms with Gasteiger partial charge in [0.1, 0.15) is 6.54 Å². The lowest BCUT2D eigenvalue weighted by molar-refractivity contribution is -0.268. The molecule has 2 amide bonds. The first-order chi connectivity index (χ1) is 22.4. The number of aliphatic hydroxyl groups is 1. The predicted octanol–water partition coefficient (Wildman–Crippen LogP) is 5.58. The van der Waals surface area contributed by atoms with Crippen molar-refractivity contribution < 1.29 is 28.9 Å². The lowest BCUT2D eigenvalue weighted by Crippen LogP contribution is -2.38. The fourth-order valence-corrected chi connectivity index (χ4v) is 6.13. The SMILES string of the molecule is CCOC(=O)CNC(=O)NCc1cccc(-c2cccc([C@H]3O[C@@H](CSc4ncccn4)[C@@H](C)[C@@H](c4ccc(CO)cc4)O3)c2)c1. The zero-order valence-corrected chi connectivity index (χ0v) is 26.6. The van der Waals surface area contributed by atoms with Crippen molar-refractivity contribution in [3.63, 3.8) is 0 Å². The van der Waals surface area contributed by atoms with E-state index in [9.17, 15) is 14.7 Å². The molecule has 4 atom stereocenters. The van der Waals surface area contributed by atoms with E-state index in [2.05, 4.69) is 33.6 Å². The van der Waals surface area contributed by atoms with Crippen LogP contribution in [0.4, 0.5) is 4.79 Å². The molecule has 0 saturated carbocycles. The van der Waals surface area contributed by atoms with Crippen molar-refractivity contribution in [2.45, 2.75) is 50.7 Å². The van der Waals surface area contributed by atoms with Crippen molar-refractivity contribution in [3.05, 3.63) is 114 Å². The lowest BCUT2D eigenvalue weighted by Gasteiger charge is -2.41. The Bertz CT molecular complexity index is 1590. The number of thioether (sulfide) groups is 1. The van der Waals surface area contributed by atoms with Gasteiger partial charge < -0.3 is 30.0 Å². The van der Waals surface area contributed by atoms with Gasteiger partial charge in [0.2, 0.25) is 0 Å². The van der Waals surface area contributed by atoms with Crippen molar-refractivity contribution in [3.8, 4) is 11.1 Å². The highest BCUT2D eigenvalue weighted by Crippen LogP contribution is 2.43. The number of carbonyl (C=O) groups is 2. The number of nitrogens with zero attached hydrogens (tertiary/aromatic N) is 2. The zero-order valence-electron chi connectivity index (χ0n) is 25.8. The van der Waals surface area contributed by atoms with E-state index in [-0.39, 0.29) is 44.4 Å². The molecule has 10 nitrogen and oxygen atoms in total. The Morgan fingerprint density at radius 2 is 1.63 bits per heavy atom. The van der Waals surface area contributed by atoms with Gasteiger partial charge in [-0.15, -0.1) is 0 Å². The number of rotatable bonds is 12. The minimum Gasteiger partial charge on any atom is -0.465 e. The van der Waals surface area contributed by atoms with E-state index in [1.54, 1.807) is 37.1 Å². The molecule has 1 fully saturated rings. The minimum absolute atomic E-state index is 0.0177. The summed E-state index contributed by atoms with van der Waals surface area (Å²) in [5.74, 6) is 0.202. The fraction of sp³-hybridized carbons (Fsp3) is 0.314. The van der Waals surface area contributed by atoms with Crippen LogP contribution in [0.3, 0.4) is 0 Å². The number of urea groups is 1. The number of hydrogen-bond donors (Lipinski definition) is 3. The molecule has 0 aliphatic carbocycles. The summed E-state index contributed by atoms with van der Waals surface area (Å²) < 4.78 is 18.1. The van der Waals surface area contributed by atoms with Crippen LogP contribution in [0.15, 0.2) is 96.4 Å². The Labute approximate surface area is 272 Å². The molecule has 5 rings (SSSR count). The molecular formula is C35H38N4O6S. The summed E-state index contributed by atoms with van der Waals surface area (Å²) in [6, 6.07) is 25.2. The van der Waals surface area contributed by atoms with Crippen molar-refractivity contribution in [2.75, 3.05) is 18.9 Å². The highest BCUT2D eigenvalue weighted by Gasteiger charge is 2.38. The molecule has 0 unspecified atom stereocenters. The summed E-state index contributed by atoms with van der Waals surface area (Å²) in [4.78, 5) is 32.4. The molecule has 1 aliphatic rings. The van der Waals surface area contributed by atoms with E-state index in [1.807, 2.05) is 66.7 Å². The third-order valence-corrected chi connectivity index (χ3v) is 8.58. The number of ether oxygens (including phenoxy) is 3. The van der Waals surface area contributed by atoms with Crippen molar-refractivity contribution in [1.29, 1.82) is 0 Å². The van der Waals surface area contributed by atoms with Crippen LogP contribution in [0.5, 0.6) is 0 Å². The molecular weight excluding hydrogens is 604 g/mol. The first-order valence-electron chi connectivity index (χ1n) is 15.2. The van der Waals surface area contributed by atoms with E-state index in [4.69, 9.17) is 14.2 Å². The van der Waals surface area contributed by atoms with Gasteiger partial charge in [0.15, 0.2) is 11.4 Å². The van der Waals surface area contributed by atoms with Crippen molar-refractivity contribution in [1.82, 2.24) is 20.6 Å². The van der Waals surface area contributed by atoms with Gasteiger partial charge in [-0.1, -0.05) is 79.3 Å². The fourth-order valence-electron chi connectivity index (χ4n) is 5.16. The average molecular weight is 643 g/mol. The molecule has 1 saturated heterocycles. The second-order valence-electron chi connectivity index (χ2n) is 10.8. The summed E-state index contributed by atoms with van der Waals surface area (Å²) >= 11 is 1.55. The number of benzene rings is 3. The summed E-state index contributed by atoms with van der Waals surface area (Å²) in [5.41, 5.74) is 5.60. The van der Waals surface area contributed by atoms with Gasteiger partial charge in [0, 0.05) is 36.2 Å². The zero-order chi connectivity index (χ0) is 32.3. The van der Waals surface area contributed by atoms with Crippen LogP contribution < -0.4 is 10.6 Å². The average Bonchev–Trinajstić information content (AvgIpc) is 3.10. The molecule has 11 heteroatoms. The predicted molar refractivity (Wildman–Crippen MR) is 174 cm³/mol. The number of nitrogens with one attached hydrogen (secondary N) is 2. The standard InChI is InChI=1S/C35H38N4O6S/c1-3-43-31(41)20-39-34(42)38-19-25-7-4-8-27(17-25)28-9-5-10-29(18-28)33-44-30(22-46-35-36-15-6-16-37-35)23(2)32(45-33)26-13-11-24(21-40)12-14-26/h4-18,23,30,32-33,40H,3,19-22H2,1-2H3,(H2,38,39,42)/t23-,30+,32+,33+/m1/s1. The van der Waals surface area contributed by atoms with Gasteiger partial charge in [-0.05, 0) is 52.9 Å². The van der Waals surface area contributed by atoms with E-state index in [0.29, 0.717) is 10.9 Å². The number of amides is 2. The third kappa shape index (κ3) is 8.91. The molecule has 1 aliphatic heterocycles. The van der Waals surface area contributed by atoms with Crippen molar-refractivity contribution >= 4 is 23.8 Å². The summed E-state index contributed by atoms with van der Waals surface area (Å²) in [5, 5.41) is 15.5. The normalized spacial score (nSPS) is 19.3. The largest absolute Gasteiger partial charge is 0.465 e. The molecule has 46 heavy (non-hydrogen) atoms. The molecule has 3 aromatic carbocycles. The van der Waals surface area contributed by atoms with Crippen LogP contribution in [-0.4, -0.2) is 52.1 Å². The first kappa shape index (κ1) is 33.1. The van der Waals surface area contributed by atoms with Crippen LogP contribution >= 0.6 is 11.8 Å². The van der Waals surface area contributed by atoms with E-state index >= 15 is 0 Å². The van der Waals surface area contributed by atoms with Gasteiger partial charge in [0.05, 0.1) is 25.4 Å². The van der Waals surface area contributed by atoms with Crippen LogP contribution in [0.25, 0.3) is 11.1 Å². The number of carbonyl (C=O) groups excluding carboxylic acids is 2. The molecule has 0 bridgehead atoms. The number of aliphatic hydroxyl groups excluding tert-OH is 1. The number of hydrogen-bond acceptors (Lipinski definition) is 9. The van der Waals surface area contributed by atoms with E-state index in [0.717, 1.165) is 33.4 Å². The van der Waals surface area contributed by atoms with Crippen LogP contribution in [0.2, 0.25) is 0 Å². The highest BCUT2D eigenvalue weighted by molar-refractivity contribution is 7.99. The van der Waals surface area contributed by atoms with Crippen LogP contribution in [-0.2, 0) is 32.2 Å². The number of aromatic nitrogens is 2.